The molecule has 0 N–H and O–H groups in total. The maximum atomic E-state index is 12.0. The van der Waals surface area contributed by atoms with Gasteiger partial charge in [-0.05, 0) is 86.3 Å². The molecule has 0 spiro atoms. The molecule has 0 bridgehead atoms. The summed E-state index contributed by atoms with van der Waals surface area (Å²) < 4.78 is 2.14. The van der Waals surface area contributed by atoms with Crippen LogP contribution in [-0.4, -0.2) is 52.3 Å². The number of fused-ring (bicyclic) bond motifs is 1. The van der Waals surface area contributed by atoms with Gasteiger partial charge in [0.05, 0.1) is 5.69 Å². The summed E-state index contributed by atoms with van der Waals surface area (Å²) in [5.41, 5.74) is 8.63. The number of nitrogens with zero attached hydrogens (tertiary/aromatic N) is 4. The van der Waals surface area contributed by atoms with Crippen LogP contribution in [0.15, 0.2) is 67.0 Å². The molecule has 0 amide bonds. The maximum Gasteiger partial charge on any atom is 0.159 e. The average Bonchev–Trinajstić information content (AvgIpc) is 3.35. The smallest absolute Gasteiger partial charge is 0.159 e. The SMILES string of the molecule is CC(=O)c1cc(C)cc(-c2ccc(Cc3ccc(N4CCN(C(C)C)CC4)cc3)c3nccn23)c1. The van der Waals surface area contributed by atoms with Crippen LogP contribution in [0.1, 0.15) is 47.8 Å². The van der Waals surface area contributed by atoms with Crippen LogP contribution in [0.2, 0.25) is 0 Å². The van der Waals surface area contributed by atoms with Crippen molar-refractivity contribution in [1.29, 1.82) is 0 Å². The maximum absolute atomic E-state index is 12.0. The number of benzene rings is 2. The van der Waals surface area contributed by atoms with E-state index < -0.39 is 0 Å². The zero-order valence-electron chi connectivity index (χ0n) is 21.2. The molecule has 1 aliphatic rings. The number of aromatic nitrogens is 2. The molecule has 5 heteroatoms. The highest BCUT2D eigenvalue weighted by Crippen LogP contribution is 2.27. The molecule has 1 fully saturated rings. The first-order valence-corrected chi connectivity index (χ1v) is 12.5. The fourth-order valence-electron chi connectivity index (χ4n) is 5.12. The number of carbonyl (C=O) groups excluding carboxylic acids is 1. The fraction of sp³-hybridized carbons (Fsp3) is 0.333. The number of rotatable bonds is 6. The van der Waals surface area contributed by atoms with Crippen molar-refractivity contribution in [3.63, 3.8) is 0 Å². The van der Waals surface area contributed by atoms with E-state index in [1.807, 2.05) is 31.5 Å². The zero-order valence-corrected chi connectivity index (χ0v) is 21.2. The number of hydrogen-bond acceptors (Lipinski definition) is 4. The van der Waals surface area contributed by atoms with Crippen LogP contribution in [0.25, 0.3) is 16.9 Å². The van der Waals surface area contributed by atoms with Gasteiger partial charge in [0.25, 0.3) is 0 Å². The highest BCUT2D eigenvalue weighted by molar-refractivity contribution is 5.95. The third-order valence-electron chi connectivity index (χ3n) is 7.15. The van der Waals surface area contributed by atoms with Gasteiger partial charge >= 0.3 is 0 Å². The van der Waals surface area contributed by atoms with Crippen molar-refractivity contribution >= 4 is 17.1 Å². The molecule has 0 aliphatic carbocycles. The van der Waals surface area contributed by atoms with Crippen molar-refractivity contribution in [3.05, 3.63) is 89.2 Å². The van der Waals surface area contributed by atoms with Crippen molar-refractivity contribution in [3.8, 4) is 11.3 Å². The quantitative estimate of drug-likeness (QED) is 0.345. The Kier molecular flexibility index (Phi) is 6.44. The lowest BCUT2D eigenvalue weighted by molar-refractivity contribution is 0.101. The number of imidazole rings is 1. The summed E-state index contributed by atoms with van der Waals surface area (Å²) >= 11 is 0. The molecule has 2 aromatic carbocycles. The van der Waals surface area contributed by atoms with E-state index in [1.54, 1.807) is 6.92 Å². The minimum absolute atomic E-state index is 0.0821. The van der Waals surface area contributed by atoms with Gasteiger partial charge in [-0.2, -0.15) is 0 Å². The number of carbonyl (C=O) groups is 1. The van der Waals surface area contributed by atoms with Gasteiger partial charge in [0, 0.05) is 62.3 Å². The number of pyridine rings is 1. The van der Waals surface area contributed by atoms with Gasteiger partial charge in [-0.1, -0.05) is 18.2 Å². The minimum atomic E-state index is 0.0821. The van der Waals surface area contributed by atoms with Crippen LogP contribution < -0.4 is 4.90 Å². The van der Waals surface area contributed by atoms with E-state index in [2.05, 4.69) is 75.5 Å². The molecule has 4 aromatic rings. The predicted molar refractivity (Wildman–Crippen MR) is 144 cm³/mol. The lowest BCUT2D eigenvalue weighted by Gasteiger charge is -2.38. The lowest BCUT2D eigenvalue weighted by atomic mass is 10.00. The number of aryl methyl sites for hydroxylation is 1. The minimum Gasteiger partial charge on any atom is -0.369 e. The van der Waals surface area contributed by atoms with Gasteiger partial charge in [0.1, 0.15) is 5.65 Å². The summed E-state index contributed by atoms with van der Waals surface area (Å²) in [6, 6.07) is 20.0. The van der Waals surface area contributed by atoms with Crippen LogP contribution in [0.5, 0.6) is 0 Å². The van der Waals surface area contributed by atoms with Crippen molar-refractivity contribution in [2.75, 3.05) is 31.1 Å². The van der Waals surface area contributed by atoms with Crippen molar-refractivity contribution < 1.29 is 4.79 Å². The van der Waals surface area contributed by atoms with E-state index in [0.717, 1.165) is 60.6 Å². The van der Waals surface area contributed by atoms with Crippen LogP contribution in [-0.2, 0) is 6.42 Å². The number of ketones is 1. The van der Waals surface area contributed by atoms with E-state index in [4.69, 9.17) is 0 Å². The average molecular weight is 467 g/mol. The van der Waals surface area contributed by atoms with Gasteiger partial charge in [0.15, 0.2) is 5.78 Å². The fourth-order valence-corrected chi connectivity index (χ4v) is 5.12. The molecule has 2 aromatic heterocycles. The zero-order chi connectivity index (χ0) is 24.5. The van der Waals surface area contributed by atoms with Gasteiger partial charge in [-0.25, -0.2) is 4.98 Å². The Hall–Kier alpha value is -3.44. The number of anilines is 1. The Morgan fingerprint density at radius 1 is 0.971 bits per heavy atom. The molecule has 5 nitrogen and oxygen atoms in total. The molecule has 180 valence electrons. The predicted octanol–water partition coefficient (Wildman–Crippen LogP) is 5.63. The summed E-state index contributed by atoms with van der Waals surface area (Å²) in [7, 11) is 0. The summed E-state index contributed by atoms with van der Waals surface area (Å²) in [6.07, 6.45) is 4.68. The van der Waals surface area contributed by atoms with Crippen molar-refractivity contribution in [2.45, 2.75) is 40.2 Å². The molecular weight excluding hydrogens is 432 g/mol. The van der Waals surface area contributed by atoms with Crippen LogP contribution >= 0.6 is 0 Å². The summed E-state index contributed by atoms with van der Waals surface area (Å²) in [4.78, 5) is 21.7. The van der Waals surface area contributed by atoms with Gasteiger partial charge in [-0.15, -0.1) is 0 Å². The molecule has 0 radical (unpaired) electrons. The Bertz CT molecular complexity index is 1340. The normalized spacial score (nSPS) is 14.7. The first-order valence-electron chi connectivity index (χ1n) is 12.5. The van der Waals surface area contributed by atoms with E-state index in [0.29, 0.717) is 6.04 Å². The van der Waals surface area contributed by atoms with E-state index in [1.165, 1.54) is 16.8 Å². The first kappa shape index (κ1) is 23.3. The molecule has 35 heavy (non-hydrogen) atoms. The second-order valence-corrected chi connectivity index (χ2v) is 9.97. The monoisotopic (exact) mass is 466 g/mol. The summed E-state index contributed by atoms with van der Waals surface area (Å²) in [6.45, 7) is 12.6. The standard InChI is InChI=1S/C30H34N4O/c1-21(2)32-13-15-33(16-14-32)28-8-5-24(6-9-28)19-25-7-10-29(34-12-11-31-30(25)34)27-18-22(3)17-26(20-27)23(4)35/h5-12,17-18,20-21H,13-16,19H2,1-4H3. The Morgan fingerprint density at radius 2 is 1.71 bits per heavy atom. The molecule has 0 atom stereocenters. The largest absolute Gasteiger partial charge is 0.369 e. The first-order chi connectivity index (χ1) is 16.9. The number of hydrogen-bond donors (Lipinski definition) is 0. The molecule has 1 aliphatic heterocycles. The van der Waals surface area contributed by atoms with Crippen LogP contribution in [0, 0.1) is 6.92 Å². The molecule has 0 unspecified atom stereocenters. The second-order valence-electron chi connectivity index (χ2n) is 9.97. The molecule has 1 saturated heterocycles. The highest BCUT2D eigenvalue weighted by atomic mass is 16.1. The van der Waals surface area contributed by atoms with Crippen molar-refractivity contribution in [1.82, 2.24) is 14.3 Å². The van der Waals surface area contributed by atoms with Gasteiger partial charge < -0.3 is 4.90 Å². The van der Waals surface area contributed by atoms with Gasteiger partial charge in [0.2, 0.25) is 0 Å². The third kappa shape index (κ3) is 4.87. The second kappa shape index (κ2) is 9.67. The number of Topliss-reactive ketones (excluding diaryl/α,β-unsaturated/α-hetero) is 1. The Balaban J connectivity index is 1.37. The topological polar surface area (TPSA) is 40.9 Å². The number of piperazine rings is 1. The van der Waals surface area contributed by atoms with Crippen LogP contribution in [0.4, 0.5) is 5.69 Å². The van der Waals surface area contributed by atoms with Crippen LogP contribution in [0.3, 0.4) is 0 Å². The summed E-state index contributed by atoms with van der Waals surface area (Å²) in [5, 5.41) is 0. The van der Waals surface area contributed by atoms with E-state index in [9.17, 15) is 4.79 Å². The van der Waals surface area contributed by atoms with E-state index in [-0.39, 0.29) is 5.78 Å². The highest BCUT2D eigenvalue weighted by Gasteiger charge is 2.19. The van der Waals surface area contributed by atoms with E-state index >= 15 is 0 Å². The molecular formula is C30H34N4O. The van der Waals surface area contributed by atoms with Crippen molar-refractivity contribution in [2.24, 2.45) is 0 Å². The summed E-state index contributed by atoms with van der Waals surface area (Å²) in [5.74, 6) is 0.0821. The lowest BCUT2D eigenvalue weighted by Crippen LogP contribution is -2.48. The molecule has 3 heterocycles. The molecule has 0 saturated carbocycles. The molecule has 5 rings (SSSR count). The Morgan fingerprint density at radius 3 is 2.40 bits per heavy atom. The Labute approximate surface area is 208 Å². The van der Waals surface area contributed by atoms with Gasteiger partial charge in [-0.3, -0.25) is 14.1 Å². The third-order valence-corrected chi connectivity index (χ3v) is 7.15.